The third-order valence-corrected chi connectivity index (χ3v) is 3.18. The lowest BCUT2D eigenvalue weighted by Crippen LogP contribution is -2.30. The molecular weight excluding hydrogens is 264 g/mol. The van der Waals surface area contributed by atoms with Gasteiger partial charge in [-0.1, -0.05) is 12.1 Å². The van der Waals surface area contributed by atoms with Crippen molar-refractivity contribution >= 4 is 17.3 Å². The highest BCUT2D eigenvalue weighted by atomic mass is 16.5. The molecule has 0 heterocycles. The van der Waals surface area contributed by atoms with Crippen molar-refractivity contribution in [3.63, 3.8) is 0 Å². The van der Waals surface area contributed by atoms with E-state index in [4.69, 9.17) is 10.5 Å². The fourth-order valence-corrected chi connectivity index (χ4v) is 2.01. The number of rotatable bonds is 4. The number of benzene rings is 2. The van der Waals surface area contributed by atoms with Crippen LogP contribution >= 0.6 is 0 Å². The van der Waals surface area contributed by atoms with Gasteiger partial charge >= 0.3 is 0 Å². The van der Waals surface area contributed by atoms with E-state index in [0.29, 0.717) is 11.4 Å². The zero-order valence-electron chi connectivity index (χ0n) is 12.5. The molecule has 0 aliphatic rings. The molecule has 4 heteroatoms. The lowest BCUT2D eigenvalue weighted by Gasteiger charge is -2.16. The SMILES string of the molecule is Cc1cccc(O[C@@H](C)C(=O)Nc2ccc(N)cc2C)c1. The van der Waals surface area contributed by atoms with Gasteiger partial charge < -0.3 is 15.8 Å². The predicted molar refractivity (Wildman–Crippen MR) is 85.5 cm³/mol. The first-order chi connectivity index (χ1) is 9.95. The van der Waals surface area contributed by atoms with E-state index in [9.17, 15) is 4.79 Å². The Labute approximate surface area is 124 Å². The minimum atomic E-state index is -0.580. The van der Waals surface area contributed by atoms with Gasteiger partial charge in [-0.3, -0.25) is 4.79 Å². The number of amides is 1. The molecule has 110 valence electrons. The standard InChI is InChI=1S/C17H20N2O2/c1-11-5-4-6-15(9-11)21-13(3)17(20)19-16-8-7-14(18)10-12(16)2/h4-10,13H,18H2,1-3H3,(H,19,20)/t13-/m0/s1. The van der Waals surface area contributed by atoms with Crippen LogP contribution in [-0.2, 0) is 4.79 Å². The highest BCUT2D eigenvalue weighted by Gasteiger charge is 2.15. The molecule has 2 aromatic carbocycles. The maximum atomic E-state index is 12.2. The smallest absolute Gasteiger partial charge is 0.265 e. The molecule has 0 spiro atoms. The van der Waals surface area contributed by atoms with Crippen molar-refractivity contribution in [2.45, 2.75) is 26.9 Å². The van der Waals surface area contributed by atoms with Crippen LogP contribution < -0.4 is 15.8 Å². The Morgan fingerprint density at radius 2 is 1.95 bits per heavy atom. The van der Waals surface area contributed by atoms with Crippen molar-refractivity contribution in [2.75, 3.05) is 11.1 Å². The number of carbonyl (C=O) groups is 1. The van der Waals surface area contributed by atoms with Crippen LogP contribution in [0.15, 0.2) is 42.5 Å². The Kier molecular flexibility index (Phi) is 4.48. The number of nitrogens with two attached hydrogens (primary N) is 1. The van der Waals surface area contributed by atoms with Crippen LogP contribution in [0.2, 0.25) is 0 Å². The van der Waals surface area contributed by atoms with Crippen LogP contribution in [0, 0.1) is 13.8 Å². The van der Waals surface area contributed by atoms with Crippen LogP contribution in [0.1, 0.15) is 18.1 Å². The van der Waals surface area contributed by atoms with Gasteiger partial charge in [0.05, 0.1) is 0 Å². The van der Waals surface area contributed by atoms with Gasteiger partial charge in [0.25, 0.3) is 5.91 Å². The van der Waals surface area contributed by atoms with E-state index in [1.54, 1.807) is 19.1 Å². The number of nitrogen functional groups attached to an aromatic ring is 1. The normalized spacial score (nSPS) is 11.8. The first kappa shape index (κ1) is 14.9. The Balaban J connectivity index is 2.02. The maximum Gasteiger partial charge on any atom is 0.265 e. The molecule has 0 saturated carbocycles. The summed E-state index contributed by atoms with van der Waals surface area (Å²) in [5.41, 5.74) is 9.13. The summed E-state index contributed by atoms with van der Waals surface area (Å²) in [5.74, 6) is 0.496. The summed E-state index contributed by atoms with van der Waals surface area (Å²) in [7, 11) is 0. The summed E-state index contributed by atoms with van der Waals surface area (Å²) in [6.07, 6.45) is -0.580. The third-order valence-electron chi connectivity index (χ3n) is 3.18. The molecule has 21 heavy (non-hydrogen) atoms. The lowest BCUT2D eigenvalue weighted by molar-refractivity contribution is -0.122. The van der Waals surface area contributed by atoms with Gasteiger partial charge in [-0.05, 0) is 62.2 Å². The second kappa shape index (κ2) is 6.31. The number of anilines is 2. The highest BCUT2D eigenvalue weighted by Crippen LogP contribution is 2.19. The summed E-state index contributed by atoms with van der Waals surface area (Å²) >= 11 is 0. The molecule has 0 aliphatic heterocycles. The van der Waals surface area contributed by atoms with Gasteiger partial charge in [-0.15, -0.1) is 0 Å². The number of nitrogens with one attached hydrogen (secondary N) is 1. The fourth-order valence-electron chi connectivity index (χ4n) is 2.01. The van der Waals surface area contributed by atoms with Crippen LogP contribution in [0.5, 0.6) is 5.75 Å². The number of hydrogen-bond acceptors (Lipinski definition) is 3. The third kappa shape index (κ3) is 3.99. The van der Waals surface area contributed by atoms with E-state index in [-0.39, 0.29) is 5.91 Å². The monoisotopic (exact) mass is 284 g/mol. The van der Waals surface area contributed by atoms with E-state index in [1.807, 2.05) is 44.2 Å². The molecule has 0 radical (unpaired) electrons. The molecule has 4 nitrogen and oxygen atoms in total. The predicted octanol–water partition coefficient (Wildman–Crippen LogP) is 3.29. The Morgan fingerprint density at radius 3 is 2.62 bits per heavy atom. The maximum absolute atomic E-state index is 12.2. The van der Waals surface area contributed by atoms with Gasteiger partial charge in [0.2, 0.25) is 0 Å². The quantitative estimate of drug-likeness (QED) is 0.847. The van der Waals surface area contributed by atoms with Crippen molar-refractivity contribution < 1.29 is 9.53 Å². The largest absolute Gasteiger partial charge is 0.481 e. The Morgan fingerprint density at radius 1 is 1.19 bits per heavy atom. The summed E-state index contributed by atoms with van der Waals surface area (Å²) in [6.45, 7) is 5.61. The van der Waals surface area contributed by atoms with Gasteiger partial charge in [0.1, 0.15) is 5.75 Å². The fraction of sp³-hybridized carbons (Fsp3) is 0.235. The van der Waals surface area contributed by atoms with E-state index >= 15 is 0 Å². The molecule has 1 amide bonds. The van der Waals surface area contributed by atoms with Crippen molar-refractivity contribution in [3.05, 3.63) is 53.6 Å². The van der Waals surface area contributed by atoms with Gasteiger partial charge in [0.15, 0.2) is 6.10 Å². The van der Waals surface area contributed by atoms with Gasteiger partial charge in [-0.2, -0.15) is 0 Å². The number of hydrogen-bond donors (Lipinski definition) is 2. The van der Waals surface area contributed by atoms with Crippen LogP contribution in [-0.4, -0.2) is 12.0 Å². The minimum Gasteiger partial charge on any atom is -0.481 e. The molecule has 0 aromatic heterocycles. The van der Waals surface area contributed by atoms with Crippen LogP contribution in [0.3, 0.4) is 0 Å². The number of carbonyl (C=O) groups excluding carboxylic acids is 1. The Hall–Kier alpha value is -2.49. The molecule has 0 fully saturated rings. The highest BCUT2D eigenvalue weighted by molar-refractivity contribution is 5.94. The molecule has 3 N–H and O–H groups in total. The molecule has 0 bridgehead atoms. The molecule has 1 atom stereocenters. The van der Waals surface area contributed by atoms with Crippen molar-refractivity contribution in [2.24, 2.45) is 0 Å². The summed E-state index contributed by atoms with van der Waals surface area (Å²) in [4.78, 5) is 12.2. The van der Waals surface area contributed by atoms with E-state index in [1.165, 1.54) is 0 Å². The molecule has 0 saturated heterocycles. The molecule has 0 aliphatic carbocycles. The van der Waals surface area contributed by atoms with Crippen LogP contribution in [0.25, 0.3) is 0 Å². The topological polar surface area (TPSA) is 64.3 Å². The Bertz CT molecular complexity index is 653. The zero-order valence-corrected chi connectivity index (χ0v) is 12.5. The zero-order chi connectivity index (χ0) is 15.4. The van der Waals surface area contributed by atoms with E-state index < -0.39 is 6.10 Å². The van der Waals surface area contributed by atoms with Gasteiger partial charge in [0, 0.05) is 11.4 Å². The summed E-state index contributed by atoms with van der Waals surface area (Å²) in [6, 6.07) is 13.0. The first-order valence-corrected chi connectivity index (χ1v) is 6.86. The van der Waals surface area contributed by atoms with E-state index in [2.05, 4.69) is 5.32 Å². The average Bonchev–Trinajstić information content (AvgIpc) is 2.41. The molecule has 2 rings (SSSR count). The average molecular weight is 284 g/mol. The van der Waals surface area contributed by atoms with Crippen molar-refractivity contribution in [1.29, 1.82) is 0 Å². The summed E-state index contributed by atoms with van der Waals surface area (Å²) < 4.78 is 5.66. The lowest BCUT2D eigenvalue weighted by atomic mass is 10.1. The van der Waals surface area contributed by atoms with Gasteiger partial charge in [-0.25, -0.2) is 0 Å². The van der Waals surface area contributed by atoms with E-state index in [0.717, 1.165) is 16.8 Å². The van der Waals surface area contributed by atoms with Crippen molar-refractivity contribution in [1.82, 2.24) is 0 Å². The molecular formula is C17H20N2O2. The van der Waals surface area contributed by atoms with Crippen LogP contribution in [0.4, 0.5) is 11.4 Å². The molecule has 0 unspecified atom stereocenters. The minimum absolute atomic E-state index is 0.190. The molecule has 2 aromatic rings. The number of aryl methyl sites for hydroxylation is 2. The van der Waals surface area contributed by atoms with Crippen molar-refractivity contribution in [3.8, 4) is 5.75 Å². The summed E-state index contributed by atoms with van der Waals surface area (Å²) in [5, 5.41) is 2.85. The second-order valence-electron chi connectivity index (χ2n) is 5.14. The second-order valence-corrected chi connectivity index (χ2v) is 5.14. The first-order valence-electron chi connectivity index (χ1n) is 6.86. The number of ether oxygens (including phenoxy) is 1.